The molecule has 1 saturated carbocycles. The third-order valence-corrected chi connectivity index (χ3v) is 8.55. The van der Waals surface area contributed by atoms with E-state index in [1.165, 1.54) is 12.8 Å². The normalized spacial score (nSPS) is 19.4. The standard InChI is InChI=1S/C31H41N7O/c1-6-7-11-26-19-38(29-27(20(2)3)12-13-28(29)21(4)5)31(39)37(26)18-25-17-23(14-15-32-25)22-9-8-10-24(16-22)30-33-35-36-34-30/h8-10,14-17,19-21,27-29H,6-7,11-13,18H2,1-5H3,(H,33,34,35,36). The van der Waals surface area contributed by atoms with Gasteiger partial charge in [-0.15, -0.1) is 10.2 Å². The highest BCUT2D eigenvalue weighted by molar-refractivity contribution is 5.70. The quantitative estimate of drug-likeness (QED) is 0.266. The second-order valence-corrected chi connectivity index (χ2v) is 11.7. The fraction of sp³-hybridized carbons (Fsp3) is 0.516. The minimum absolute atomic E-state index is 0.107. The minimum atomic E-state index is 0.107. The fourth-order valence-electron chi connectivity index (χ4n) is 6.43. The number of unbranched alkanes of at least 4 members (excludes halogenated alkanes) is 1. The zero-order valence-corrected chi connectivity index (χ0v) is 23.8. The van der Waals surface area contributed by atoms with E-state index in [9.17, 15) is 4.79 Å². The number of nitrogens with zero attached hydrogens (tertiary/aromatic N) is 6. The van der Waals surface area contributed by atoms with Crippen molar-refractivity contribution in [1.29, 1.82) is 0 Å². The van der Waals surface area contributed by atoms with E-state index < -0.39 is 0 Å². The van der Waals surface area contributed by atoms with Gasteiger partial charge in [-0.1, -0.05) is 59.2 Å². The first kappa shape index (κ1) is 27.0. The molecule has 5 rings (SSSR count). The molecular formula is C31H41N7O. The van der Waals surface area contributed by atoms with E-state index in [0.29, 0.717) is 36.0 Å². The van der Waals surface area contributed by atoms with Gasteiger partial charge < -0.3 is 0 Å². The van der Waals surface area contributed by atoms with Crippen molar-refractivity contribution in [2.45, 2.75) is 79.3 Å². The van der Waals surface area contributed by atoms with E-state index in [1.807, 2.05) is 29.0 Å². The van der Waals surface area contributed by atoms with Crippen molar-refractivity contribution < 1.29 is 0 Å². The van der Waals surface area contributed by atoms with Gasteiger partial charge in [0.05, 0.1) is 12.2 Å². The lowest BCUT2D eigenvalue weighted by molar-refractivity contribution is 0.212. The molecule has 0 radical (unpaired) electrons. The van der Waals surface area contributed by atoms with Gasteiger partial charge >= 0.3 is 5.69 Å². The van der Waals surface area contributed by atoms with Crippen LogP contribution >= 0.6 is 0 Å². The van der Waals surface area contributed by atoms with Gasteiger partial charge in [-0.25, -0.2) is 4.79 Å². The molecule has 4 aromatic rings. The van der Waals surface area contributed by atoms with E-state index in [2.05, 4.69) is 89.2 Å². The van der Waals surface area contributed by atoms with Crippen molar-refractivity contribution in [2.75, 3.05) is 0 Å². The molecule has 3 heterocycles. The summed E-state index contributed by atoms with van der Waals surface area (Å²) in [5, 5.41) is 14.4. The average Bonchev–Trinajstić information content (AvgIpc) is 3.68. The highest BCUT2D eigenvalue weighted by Crippen LogP contribution is 2.47. The molecule has 0 spiro atoms. The number of benzene rings is 1. The summed E-state index contributed by atoms with van der Waals surface area (Å²) in [6, 6.07) is 12.4. The summed E-state index contributed by atoms with van der Waals surface area (Å²) in [5.41, 5.74) is 5.08. The van der Waals surface area contributed by atoms with Crippen LogP contribution in [0.5, 0.6) is 0 Å². The Bertz CT molecular complexity index is 1420. The maximum absolute atomic E-state index is 14.1. The Balaban J connectivity index is 1.50. The molecule has 0 amide bonds. The van der Waals surface area contributed by atoms with Crippen LogP contribution in [-0.4, -0.2) is 34.7 Å². The number of aromatic amines is 1. The Morgan fingerprint density at radius 2 is 1.72 bits per heavy atom. The van der Waals surface area contributed by atoms with E-state index in [-0.39, 0.29) is 11.7 Å². The largest absolute Gasteiger partial charge is 0.328 e. The Morgan fingerprint density at radius 3 is 2.38 bits per heavy atom. The van der Waals surface area contributed by atoms with E-state index >= 15 is 0 Å². The van der Waals surface area contributed by atoms with Gasteiger partial charge in [-0.2, -0.15) is 5.21 Å². The van der Waals surface area contributed by atoms with Gasteiger partial charge in [0.2, 0.25) is 5.82 Å². The number of tetrazole rings is 1. The summed E-state index contributed by atoms with van der Waals surface area (Å²) in [7, 11) is 0. The monoisotopic (exact) mass is 527 g/mol. The fourth-order valence-corrected chi connectivity index (χ4v) is 6.43. The molecule has 0 saturated heterocycles. The number of H-pyrrole nitrogens is 1. The first-order valence-corrected chi connectivity index (χ1v) is 14.5. The highest BCUT2D eigenvalue weighted by Gasteiger charge is 2.41. The molecule has 1 fully saturated rings. The summed E-state index contributed by atoms with van der Waals surface area (Å²) in [6.45, 7) is 11.9. The third kappa shape index (κ3) is 5.60. The first-order chi connectivity index (χ1) is 18.9. The molecule has 1 aliphatic carbocycles. The SMILES string of the molecule is CCCCc1cn(C2C(C(C)C)CCC2C(C)C)c(=O)n1Cc1cc(-c2cccc(-c3nn[nH]n3)c2)ccn1. The van der Waals surface area contributed by atoms with Crippen molar-refractivity contribution in [3.05, 3.63) is 70.7 Å². The Labute approximate surface area is 230 Å². The number of imidazole rings is 1. The molecule has 8 heteroatoms. The lowest BCUT2D eigenvalue weighted by Gasteiger charge is -2.30. The molecule has 0 aliphatic heterocycles. The summed E-state index contributed by atoms with van der Waals surface area (Å²) in [5.74, 6) is 2.71. The molecule has 8 nitrogen and oxygen atoms in total. The number of aromatic nitrogens is 7. The number of hydrogen-bond donors (Lipinski definition) is 1. The molecule has 1 N–H and O–H groups in total. The van der Waals surface area contributed by atoms with Crippen molar-refractivity contribution in [3.63, 3.8) is 0 Å². The summed E-state index contributed by atoms with van der Waals surface area (Å²) in [4.78, 5) is 18.8. The van der Waals surface area contributed by atoms with Crippen molar-refractivity contribution >= 4 is 0 Å². The summed E-state index contributed by atoms with van der Waals surface area (Å²) in [6.07, 6.45) is 9.45. The molecule has 1 aliphatic rings. The number of nitrogens with one attached hydrogen (secondary N) is 1. The van der Waals surface area contributed by atoms with Gasteiger partial charge in [0, 0.05) is 29.7 Å². The van der Waals surface area contributed by atoms with Gasteiger partial charge in [-0.05, 0) is 83.9 Å². The van der Waals surface area contributed by atoms with Crippen LogP contribution < -0.4 is 5.69 Å². The lowest BCUT2D eigenvalue weighted by atomic mass is 9.84. The van der Waals surface area contributed by atoms with Gasteiger partial charge in [0.15, 0.2) is 0 Å². The number of aryl methyl sites for hydroxylation is 1. The van der Waals surface area contributed by atoms with Gasteiger partial charge in [-0.3, -0.25) is 14.1 Å². The van der Waals surface area contributed by atoms with Crippen LogP contribution in [0.1, 0.15) is 77.7 Å². The maximum Gasteiger partial charge on any atom is 0.328 e. The molecule has 3 aromatic heterocycles. The minimum Gasteiger partial charge on any atom is -0.295 e. The smallest absolute Gasteiger partial charge is 0.295 e. The topological polar surface area (TPSA) is 94.3 Å². The van der Waals surface area contributed by atoms with Crippen LogP contribution in [0.15, 0.2) is 53.6 Å². The second-order valence-electron chi connectivity index (χ2n) is 11.7. The van der Waals surface area contributed by atoms with Gasteiger partial charge in [0.25, 0.3) is 0 Å². The van der Waals surface area contributed by atoms with Crippen LogP contribution in [0.2, 0.25) is 0 Å². The molecule has 206 valence electrons. The Hall–Kier alpha value is -3.55. The van der Waals surface area contributed by atoms with Crippen LogP contribution in [0.4, 0.5) is 0 Å². The number of rotatable bonds is 10. The molecular weight excluding hydrogens is 486 g/mol. The maximum atomic E-state index is 14.1. The zero-order chi connectivity index (χ0) is 27.5. The zero-order valence-electron chi connectivity index (χ0n) is 23.8. The van der Waals surface area contributed by atoms with E-state index in [1.54, 1.807) is 0 Å². The van der Waals surface area contributed by atoms with Crippen LogP contribution in [-0.2, 0) is 13.0 Å². The predicted octanol–water partition coefficient (Wildman–Crippen LogP) is 6.16. The number of pyridine rings is 1. The van der Waals surface area contributed by atoms with Crippen molar-refractivity contribution in [2.24, 2.45) is 23.7 Å². The molecule has 1 aromatic carbocycles. The Morgan fingerprint density at radius 1 is 1.00 bits per heavy atom. The van der Waals surface area contributed by atoms with Crippen molar-refractivity contribution in [1.82, 2.24) is 34.7 Å². The molecule has 39 heavy (non-hydrogen) atoms. The molecule has 2 unspecified atom stereocenters. The van der Waals surface area contributed by atoms with Crippen LogP contribution in [0.3, 0.4) is 0 Å². The van der Waals surface area contributed by atoms with E-state index in [0.717, 1.165) is 47.3 Å². The van der Waals surface area contributed by atoms with Crippen LogP contribution in [0.25, 0.3) is 22.5 Å². The second kappa shape index (κ2) is 11.7. The first-order valence-electron chi connectivity index (χ1n) is 14.5. The summed E-state index contributed by atoms with van der Waals surface area (Å²) < 4.78 is 4.08. The Kier molecular flexibility index (Phi) is 8.10. The van der Waals surface area contributed by atoms with Crippen molar-refractivity contribution in [3.8, 4) is 22.5 Å². The average molecular weight is 528 g/mol. The lowest BCUT2D eigenvalue weighted by Crippen LogP contribution is -2.34. The molecule has 2 atom stereocenters. The van der Waals surface area contributed by atoms with Gasteiger partial charge in [0.1, 0.15) is 0 Å². The number of hydrogen-bond acceptors (Lipinski definition) is 5. The third-order valence-electron chi connectivity index (χ3n) is 8.55. The van der Waals surface area contributed by atoms with Crippen LogP contribution in [0, 0.1) is 23.7 Å². The highest BCUT2D eigenvalue weighted by atomic mass is 16.1. The van der Waals surface area contributed by atoms with E-state index in [4.69, 9.17) is 0 Å². The summed E-state index contributed by atoms with van der Waals surface area (Å²) >= 11 is 0. The molecule has 0 bridgehead atoms. The predicted molar refractivity (Wildman–Crippen MR) is 154 cm³/mol.